The Kier molecular flexibility index (Phi) is 54.0. The van der Waals surface area contributed by atoms with Crippen LogP contribution in [0.2, 0.25) is 0 Å². The van der Waals surface area contributed by atoms with Crippen molar-refractivity contribution in [2.75, 3.05) is 40.9 Å². The number of carbonyl (C=O) groups is 2. The molecule has 9 nitrogen and oxygen atoms in total. The molecule has 0 aliphatic rings. The van der Waals surface area contributed by atoms with E-state index in [0.717, 1.165) is 89.9 Å². The third-order valence-corrected chi connectivity index (χ3v) is 14.5. The van der Waals surface area contributed by atoms with Gasteiger partial charge in [-0.2, -0.15) is 0 Å². The van der Waals surface area contributed by atoms with Crippen LogP contribution in [-0.4, -0.2) is 69.4 Å². The van der Waals surface area contributed by atoms with Gasteiger partial charge in [-0.25, -0.2) is 0 Å². The van der Waals surface area contributed by atoms with E-state index in [9.17, 15) is 19.0 Å². The summed E-state index contributed by atoms with van der Waals surface area (Å²) in [7, 11) is 1.14. The van der Waals surface area contributed by atoms with Gasteiger partial charge in [0, 0.05) is 12.8 Å². The van der Waals surface area contributed by atoms with Crippen LogP contribution < -0.4 is 10.2 Å². The van der Waals surface area contributed by atoms with Crippen LogP contribution in [0, 0.1) is 0 Å². The lowest BCUT2D eigenvalue weighted by atomic mass is 10.0. The number of nitrogens with zero attached hydrogens (tertiary/aromatic N) is 1. The van der Waals surface area contributed by atoms with Gasteiger partial charge in [-0.15, -0.1) is 0 Å². The smallest absolute Gasteiger partial charge is 0.306 e. The predicted octanol–water partition coefficient (Wildman–Crippen LogP) is 18.9. The zero-order valence-electron chi connectivity index (χ0n) is 50.6. The highest BCUT2D eigenvalue weighted by atomic mass is 31.2. The van der Waals surface area contributed by atoms with E-state index in [1.54, 1.807) is 0 Å². The van der Waals surface area contributed by atoms with Gasteiger partial charge in [0.1, 0.15) is 19.3 Å². The number of nitrogens with one attached hydrogen (secondary N) is 1. The van der Waals surface area contributed by atoms with E-state index < -0.39 is 32.5 Å². The van der Waals surface area contributed by atoms with E-state index in [1.807, 2.05) is 33.3 Å². The van der Waals surface area contributed by atoms with Gasteiger partial charge in [0.25, 0.3) is 7.82 Å². The summed E-state index contributed by atoms with van der Waals surface area (Å²) < 4.78 is 30.2. The van der Waals surface area contributed by atoms with E-state index in [4.69, 9.17) is 13.8 Å². The number of carbonyl (C=O) groups excluding carboxylic acids is 2. The number of hydrogen-bond acceptors (Lipinski definition) is 7. The summed E-state index contributed by atoms with van der Waals surface area (Å²) in [5.41, 5.74) is 0. The highest BCUT2D eigenvalue weighted by Crippen LogP contribution is 2.38. The first kappa shape index (κ1) is 73.9. The first-order valence-corrected chi connectivity index (χ1v) is 33.0. The molecule has 1 N–H and O–H groups in total. The van der Waals surface area contributed by atoms with Crippen molar-refractivity contribution < 1.29 is 37.3 Å². The largest absolute Gasteiger partial charge is 0.756 e. The number of allylic oxidation sites excluding steroid dienone is 15. The van der Waals surface area contributed by atoms with Crippen LogP contribution in [0.3, 0.4) is 0 Å². The maximum absolute atomic E-state index is 13.5. The highest BCUT2D eigenvalue weighted by Gasteiger charge is 2.27. The maximum Gasteiger partial charge on any atom is 0.306 e. The van der Waals surface area contributed by atoms with Crippen LogP contribution in [0.4, 0.5) is 0 Å². The molecule has 0 aliphatic heterocycles. The molecule has 3 unspecified atom stereocenters. The Hall–Kier alpha value is -3.07. The topological polar surface area (TPSA) is 114 Å². The fourth-order valence-electron chi connectivity index (χ4n) is 8.58. The second-order valence-electron chi connectivity index (χ2n) is 22.2. The summed E-state index contributed by atoms with van der Waals surface area (Å²) in [4.78, 5) is 40.0. The van der Waals surface area contributed by atoms with Crippen LogP contribution in [0.5, 0.6) is 0 Å². The SMILES string of the molecule is CCCCC/C=C\C/C=C\C/C=C\C/C=C\CCCC(=O)OC(/C=C\CCCCCCCCCCC)C(COP(=O)([O-])OCC[N+](C)(C)C)NC(=O)CCCCCCCCCCCC/C=C\C/C=C\C/C=C\CCCCC. The van der Waals surface area contributed by atoms with E-state index >= 15 is 0 Å². The molecule has 0 aromatic carbocycles. The first-order valence-electron chi connectivity index (χ1n) is 31.5. The standard InChI is InChI=1S/C67H119N2O7P/c1-7-10-13-16-19-22-25-27-29-31-32-33-34-35-36-38-39-41-44-47-50-53-56-59-66(70)68-64(63-75-77(72,73)74-62-61-69(4,5)6)65(58-55-52-49-46-43-24-21-18-15-12-9-3)76-67(71)60-57-54-51-48-45-42-40-37-30-28-26-23-20-17-14-11-8-2/h19-20,22-23,27-30,32-33,40,42,48,51,55,58,64-65H,7-18,21,24-26,31,34-39,41,43-47,49-50,52-54,56-57,59-63H2,1-6H3,(H-,68,70,72,73)/b22-19-,23-20-,29-27-,30-28-,33-32-,42-40-,51-48-,58-55-. The molecular formula is C67H119N2O7P. The lowest BCUT2D eigenvalue weighted by molar-refractivity contribution is -0.870. The highest BCUT2D eigenvalue weighted by molar-refractivity contribution is 7.45. The van der Waals surface area contributed by atoms with Crippen molar-refractivity contribution in [3.63, 3.8) is 0 Å². The Labute approximate surface area is 475 Å². The molecule has 1 amide bonds. The molecule has 0 aromatic rings. The van der Waals surface area contributed by atoms with Gasteiger partial charge < -0.3 is 28.5 Å². The molecule has 0 aromatic heterocycles. The lowest BCUT2D eigenvalue weighted by Crippen LogP contribution is -2.47. The summed E-state index contributed by atoms with van der Waals surface area (Å²) in [5, 5.41) is 3.01. The third kappa shape index (κ3) is 57.4. The normalized spacial score (nSPS) is 14.3. The lowest BCUT2D eigenvalue weighted by Gasteiger charge is -2.30. The minimum Gasteiger partial charge on any atom is -0.756 e. The van der Waals surface area contributed by atoms with Crippen molar-refractivity contribution in [1.29, 1.82) is 0 Å². The Bertz CT molecular complexity index is 1640. The molecule has 0 radical (unpaired) electrons. The van der Waals surface area contributed by atoms with Crippen LogP contribution in [0.25, 0.3) is 0 Å². The summed E-state index contributed by atoms with van der Waals surface area (Å²) in [5.74, 6) is -0.614. The predicted molar refractivity (Wildman–Crippen MR) is 330 cm³/mol. The number of rotatable bonds is 56. The molecule has 0 rings (SSSR count). The number of hydrogen-bond donors (Lipinski definition) is 1. The van der Waals surface area contributed by atoms with Crippen molar-refractivity contribution in [2.45, 2.75) is 277 Å². The van der Waals surface area contributed by atoms with E-state index in [-0.39, 0.29) is 18.9 Å². The fraction of sp³-hybridized carbons (Fsp3) is 0.731. The first-order chi connectivity index (χ1) is 37.4. The molecule has 0 heterocycles. The molecule has 0 fully saturated rings. The number of likely N-dealkylation sites (N-methyl/N-ethyl adjacent to an activating group) is 1. The molecule has 77 heavy (non-hydrogen) atoms. The summed E-state index contributed by atoms with van der Waals surface area (Å²) in [6, 6.07) is -0.917. The maximum atomic E-state index is 13.5. The van der Waals surface area contributed by atoms with Crippen molar-refractivity contribution in [2.24, 2.45) is 0 Å². The number of ether oxygens (including phenoxy) is 1. The minimum atomic E-state index is -4.72. The zero-order valence-corrected chi connectivity index (χ0v) is 51.5. The average Bonchev–Trinajstić information content (AvgIpc) is 3.39. The quantitative estimate of drug-likeness (QED) is 0.0212. The van der Waals surface area contributed by atoms with Crippen molar-refractivity contribution in [3.8, 4) is 0 Å². The number of phosphoric ester groups is 1. The summed E-state index contributed by atoms with van der Waals surface area (Å²) in [6.45, 7) is 6.74. The van der Waals surface area contributed by atoms with E-state index in [2.05, 4.69) is 111 Å². The van der Waals surface area contributed by atoms with Gasteiger partial charge in [0.15, 0.2) is 0 Å². The van der Waals surface area contributed by atoms with Crippen LogP contribution in [0.15, 0.2) is 97.2 Å². The minimum absolute atomic E-state index is 0.0356. The van der Waals surface area contributed by atoms with E-state index in [1.165, 1.54) is 135 Å². The molecule has 0 bridgehead atoms. The second-order valence-corrected chi connectivity index (χ2v) is 23.6. The second kappa shape index (κ2) is 56.2. The Morgan fingerprint density at radius 3 is 1.23 bits per heavy atom. The molecular weight excluding hydrogens is 976 g/mol. The van der Waals surface area contributed by atoms with Gasteiger partial charge >= 0.3 is 5.97 Å². The van der Waals surface area contributed by atoms with Gasteiger partial charge in [-0.05, 0) is 109 Å². The Balaban J connectivity index is 5.25. The number of phosphoric acid groups is 1. The van der Waals surface area contributed by atoms with Crippen molar-refractivity contribution in [1.82, 2.24) is 5.32 Å². The fourth-order valence-corrected chi connectivity index (χ4v) is 9.30. The summed E-state index contributed by atoms with van der Waals surface area (Å²) >= 11 is 0. The molecule has 0 saturated carbocycles. The number of quaternary nitrogens is 1. The summed E-state index contributed by atoms with van der Waals surface area (Å²) in [6.07, 6.45) is 75.2. The Morgan fingerprint density at radius 2 is 0.805 bits per heavy atom. The molecule has 0 aliphatic carbocycles. The Morgan fingerprint density at radius 1 is 0.455 bits per heavy atom. The van der Waals surface area contributed by atoms with Gasteiger partial charge in [0.2, 0.25) is 5.91 Å². The van der Waals surface area contributed by atoms with Crippen LogP contribution >= 0.6 is 7.82 Å². The van der Waals surface area contributed by atoms with Crippen LogP contribution in [0.1, 0.15) is 265 Å². The van der Waals surface area contributed by atoms with Crippen LogP contribution in [-0.2, 0) is 27.9 Å². The number of amides is 1. The van der Waals surface area contributed by atoms with Crippen molar-refractivity contribution >= 4 is 19.7 Å². The molecule has 10 heteroatoms. The van der Waals surface area contributed by atoms with Gasteiger partial charge in [0.05, 0.1) is 33.8 Å². The zero-order chi connectivity index (χ0) is 56.4. The molecule has 0 spiro atoms. The van der Waals surface area contributed by atoms with Crippen molar-refractivity contribution in [3.05, 3.63) is 97.2 Å². The number of unbranched alkanes of at least 4 members (excludes halogenated alkanes) is 26. The number of esters is 1. The molecule has 444 valence electrons. The van der Waals surface area contributed by atoms with E-state index in [0.29, 0.717) is 23.9 Å². The molecule has 0 saturated heterocycles. The van der Waals surface area contributed by atoms with Gasteiger partial charge in [-0.3, -0.25) is 14.2 Å². The monoisotopic (exact) mass is 1090 g/mol. The molecule has 3 atom stereocenters. The van der Waals surface area contributed by atoms with Gasteiger partial charge in [-0.1, -0.05) is 240 Å². The average molecular weight is 1100 g/mol. The third-order valence-electron chi connectivity index (χ3n) is 13.5.